The molecule has 0 spiro atoms. The molecule has 2 amide bonds. The molecule has 5 rings (SSSR count). The monoisotopic (exact) mass is 554 g/mol. The Hall–Kier alpha value is -4.28. The molecule has 1 unspecified atom stereocenters. The third kappa shape index (κ3) is 8.36. The number of carbonyl (C=O) groups excluding carboxylic acids is 2. The van der Waals surface area contributed by atoms with Gasteiger partial charge in [0.25, 0.3) is 5.91 Å². The summed E-state index contributed by atoms with van der Waals surface area (Å²) >= 11 is 0. The molecule has 11 heteroatoms. The van der Waals surface area contributed by atoms with Gasteiger partial charge in [-0.05, 0) is 63.9 Å². The van der Waals surface area contributed by atoms with Crippen LogP contribution in [0.4, 0.5) is 9.18 Å². The number of hydrogen-bond donors (Lipinski definition) is 2. The molecule has 2 aliphatic heterocycles. The number of fused-ring (bicyclic) bond motifs is 1. The number of amides is 2. The number of H-pyrrole nitrogens is 1. The fraction of sp³-hybridized carbons (Fsp3) is 0.414. The number of halogens is 1. The molecule has 10 nitrogen and oxygen atoms in total. The summed E-state index contributed by atoms with van der Waals surface area (Å²) < 4.78 is 35.2. The summed E-state index contributed by atoms with van der Waals surface area (Å²) in [5.41, 5.74) is 0.347. The Balaban J connectivity index is 0.000000201. The molecule has 0 aliphatic carbocycles. The Kier molecular flexibility index (Phi) is 9.47. The normalized spacial score (nSPS) is 16.0. The third-order valence-corrected chi connectivity index (χ3v) is 6.12. The molecule has 2 aliphatic rings. The minimum absolute atomic E-state index is 0.0435. The number of nitrogens with zero attached hydrogens (tertiary/aromatic N) is 2. The summed E-state index contributed by atoms with van der Waals surface area (Å²) in [5.74, 6) is 1.56. The molecule has 0 radical (unpaired) electrons. The topological polar surface area (TPSA) is 115 Å². The van der Waals surface area contributed by atoms with Gasteiger partial charge in [0.05, 0.1) is 24.4 Å². The van der Waals surface area contributed by atoms with Crippen LogP contribution < -0.4 is 19.5 Å². The summed E-state index contributed by atoms with van der Waals surface area (Å²) in [4.78, 5) is 25.5. The van der Waals surface area contributed by atoms with Gasteiger partial charge in [-0.15, -0.1) is 0 Å². The van der Waals surface area contributed by atoms with Crippen molar-refractivity contribution in [2.45, 2.75) is 45.8 Å². The number of nitrogens with one attached hydrogen (secondary N) is 2. The zero-order valence-corrected chi connectivity index (χ0v) is 22.9. The van der Waals surface area contributed by atoms with Crippen LogP contribution in [0.15, 0.2) is 54.7 Å². The quantitative estimate of drug-likeness (QED) is 0.445. The number of aromatic amines is 1. The first-order valence-corrected chi connectivity index (χ1v) is 13.2. The van der Waals surface area contributed by atoms with Crippen molar-refractivity contribution in [2.75, 3.05) is 26.5 Å². The van der Waals surface area contributed by atoms with Crippen molar-refractivity contribution >= 4 is 12.0 Å². The lowest BCUT2D eigenvalue weighted by Crippen LogP contribution is -2.44. The first kappa shape index (κ1) is 28.7. The van der Waals surface area contributed by atoms with Crippen LogP contribution in [-0.2, 0) is 11.3 Å². The van der Waals surface area contributed by atoms with Gasteiger partial charge in [0.2, 0.25) is 6.79 Å². The summed E-state index contributed by atoms with van der Waals surface area (Å²) in [5, 5.41) is 9.03. The summed E-state index contributed by atoms with van der Waals surface area (Å²) in [6, 6.07) is 13.2. The second-order valence-corrected chi connectivity index (χ2v) is 10.5. The van der Waals surface area contributed by atoms with Gasteiger partial charge in [0.1, 0.15) is 17.2 Å². The number of rotatable bonds is 6. The molecule has 214 valence electrons. The maximum atomic E-state index is 13.2. The van der Waals surface area contributed by atoms with E-state index < -0.39 is 17.3 Å². The highest BCUT2D eigenvalue weighted by Crippen LogP contribution is 2.35. The van der Waals surface area contributed by atoms with Gasteiger partial charge < -0.3 is 29.2 Å². The third-order valence-electron chi connectivity index (χ3n) is 6.12. The molecule has 3 heterocycles. The van der Waals surface area contributed by atoms with Gasteiger partial charge >= 0.3 is 6.09 Å². The van der Waals surface area contributed by atoms with Crippen LogP contribution in [0, 0.1) is 11.7 Å². The highest BCUT2D eigenvalue weighted by molar-refractivity contribution is 5.94. The number of carbonyl (C=O) groups is 2. The highest BCUT2D eigenvalue weighted by Gasteiger charge is 2.28. The fourth-order valence-corrected chi connectivity index (χ4v) is 4.17. The molecule has 3 aromatic rings. The molecule has 1 atom stereocenters. The van der Waals surface area contributed by atoms with E-state index in [-0.39, 0.29) is 18.4 Å². The van der Waals surface area contributed by atoms with Gasteiger partial charge in [-0.25, -0.2) is 9.18 Å². The fourth-order valence-electron chi connectivity index (χ4n) is 4.17. The van der Waals surface area contributed by atoms with Crippen LogP contribution in [0.2, 0.25) is 0 Å². The highest BCUT2D eigenvalue weighted by atomic mass is 19.1. The molecule has 0 saturated carbocycles. The molecule has 1 aromatic heterocycles. The molecular weight excluding hydrogens is 519 g/mol. The number of likely N-dealkylation sites (tertiary alicyclic amines) is 1. The average Bonchev–Trinajstić information content (AvgIpc) is 3.62. The first-order valence-electron chi connectivity index (χ1n) is 13.2. The summed E-state index contributed by atoms with van der Waals surface area (Å²) in [7, 11) is 0. The molecule has 1 saturated heterocycles. The van der Waals surface area contributed by atoms with E-state index in [1.807, 2.05) is 39.0 Å². The number of benzene rings is 2. The van der Waals surface area contributed by atoms with Crippen LogP contribution >= 0.6 is 0 Å². The van der Waals surface area contributed by atoms with Crippen molar-refractivity contribution < 1.29 is 32.9 Å². The van der Waals surface area contributed by atoms with Crippen LogP contribution in [0.25, 0.3) is 0 Å². The molecule has 40 heavy (non-hydrogen) atoms. The smallest absolute Gasteiger partial charge is 0.410 e. The standard InChI is InChI=1S/C18H25NO5.C11H10FN3O/c1-18(2,3)24-17(20)19-8-4-5-13(10-19)11-21-14-6-7-15-16(9-14)23-12-22-15;12-10-4-2-1-3-9(10)11(16)13-7-8-5-6-14-15-8/h6-7,9,13H,4-5,8,10-12H2,1-3H3;1-6H,7H2,(H,13,16)(H,14,15). The lowest BCUT2D eigenvalue weighted by Gasteiger charge is -2.34. The van der Waals surface area contributed by atoms with E-state index in [0.29, 0.717) is 31.4 Å². The van der Waals surface area contributed by atoms with E-state index in [4.69, 9.17) is 18.9 Å². The van der Waals surface area contributed by atoms with Crippen molar-refractivity contribution in [3.8, 4) is 17.2 Å². The van der Waals surface area contributed by atoms with Gasteiger partial charge in [-0.2, -0.15) is 5.10 Å². The first-order chi connectivity index (χ1) is 19.2. The lowest BCUT2D eigenvalue weighted by molar-refractivity contribution is 0.0139. The Morgan fingerprint density at radius 1 is 1.15 bits per heavy atom. The second kappa shape index (κ2) is 13.2. The maximum absolute atomic E-state index is 13.2. The van der Waals surface area contributed by atoms with E-state index in [1.165, 1.54) is 12.1 Å². The zero-order valence-electron chi connectivity index (χ0n) is 22.9. The maximum Gasteiger partial charge on any atom is 0.410 e. The zero-order chi connectivity index (χ0) is 28.5. The molecular formula is C29H35FN4O6. The molecule has 2 aromatic carbocycles. The number of piperidine rings is 1. The van der Waals surface area contributed by atoms with E-state index in [1.54, 1.807) is 29.3 Å². The van der Waals surface area contributed by atoms with Gasteiger partial charge in [0.15, 0.2) is 11.5 Å². The number of hydrogen-bond acceptors (Lipinski definition) is 7. The van der Waals surface area contributed by atoms with Gasteiger partial charge in [-0.1, -0.05) is 12.1 Å². The van der Waals surface area contributed by atoms with Crippen LogP contribution in [0.1, 0.15) is 49.7 Å². The molecule has 1 fully saturated rings. The van der Waals surface area contributed by atoms with E-state index in [0.717, 1.165) is 36.6 Å². The number of ether oxygens (including phenoxy) is 4. The minimum Gasteiger partial charge on any atom is -0.493 e. The predicted octanol–water partition coefficient (Wildman–Crippen LogP) is 4.92. The van der Waals surface area contributed by atoms with E-state index in [9.17, 15) is 14.0 Å². The minimum atomic E-state index is -0.524. The van der Waals surface area contributed by atoms with Crippen LogP contribution in [0.5, 0.6) is 17.2 Å². The van der Waals surface area contributed by atoms with Gasteiger partial charge in [-0.3, -0.25) is 9.89 Å². The number of aromatic nitrogens is 2. The Bertz CT molecular complexity index is 1280. The second-order valence-electron chi connectivity index (χ2n) is 10.5. The largest absolute Gasteiger partial charge is 0.493 e. The Morgan fingerprint density at radius 2 is 1.95 bits per heavy atom. The van der Waals surface area contributed by atoms with Crippen LogP contribution in [-0.4, -0.2) is 59.2 Å². The van der Waals surface area contributed by atoms with Crippen molar-refractivity contribution in [3.05, 3.63) is 71.8 Å². The molecule has 2 N–H and O–H groups in total. The SMILES string of the molecule is CC(C)(C)OC(=O)N1CCCC(COc2ccc3c(c2)OCO3)C1.O=C(NCc1ccn[nH]1)c1ccccc1F. The van der Waals surface area contributed by atoms with Gasteiger partial charge in [0, 0.05) is 31.3 Å². The summed E-state index contributed by atoms with van der Waals surface area (Å²) in [6.45, 7) is 8.19. The molecule has 0 bridgehead atoms. The average molecular weight is 555 g/mol. The Morgan fingerprint density at radius 3 is 2.70 bits per heavy atom. The van der Waals surface area contributed by atoms with Crippen molar-refractivity contribution in [2.24, 2.45) is 5.92 Å². The Labute approximate surface area is 232 Å². The summed E-state index contributed by atoms with van der Waals surface area (Å²) in [6.07, 6.45) is 3.36. The lowest BCUT2D eigenvalue weighted by atomic mass is 9.99. The van der Waals surface area contributed by atoms with Crippen LogP contribution in [0.3, 0.4) is 0 Å². The van der Waals surface area contributed by atoms with Crippen molar-refractivity contribution in [1.82, 2.24) is 20.4 Å². The van der Waals surface area contributed by atoms with Crippen molar-refractivity contribution in [1.29, 1.82) is 0 Å². The van der Waals surface area contributed by atoms with E-state index in [2.05, 4.69) is 15.5 Å². The van der Waals surface area contributed by atoms with Crippen molar-refractivity contribution in [3.63, 3.8) is 0 Å². The van der Waals surface area contributed by atoms with E-state index >= 15 is 0 Å². The predicted molar refractivity (Wildman–Crippen MR) is 145 cm³/mol.